The number of hydrogen-bond donors (Lipinski definition) is 7. The molecule has 2 aromatic rings. The summed E-state index contributed by atoms with van der Waals surface area (Å²) in [5, 5.41) is 17.8. The number of amides is 7. The van der Waals surface area contributed by atoms with E-state index in [1.165, 1.54) is 81.6 Å². The van der Waals surface area contributed by atoms with Crippen LogP contribution in [-0.2, 0) is 43.0 Å². The van der Waals surface area contributed by atoms with Crippen LogP contribution in [0.1, 0.15) is 94.2 Å². The van der Waals surface area contributed by atoms with E-state index in [2.05, 4.69) is 37.2 Å². The van der Waals surface area contributed by atoms with Gasteiger partial charge in [0.1, 0.15) is 45.2 Å². The van der Waals surface area contributed by atoms with Crippen molar-refractivity contribution in [3.63, 3.8) is 0 Å². The van der Waals surface area contributed by atoms with E-state index in [-0.39, 0.29) is 11.4 Å². The molecule has 17 heteroatoms. The number of ether oxygens (including phenoxy) is 2. The van der Waals surface area contributed by atoms with Gasteiger partial charge in [-0.1, -0.05) is 60.7 Å². The van der Waals surface area contributed by atoms with Gasteiger partial charge in [-0.2, -0.15) is 0 Å². The van der Waals surface area contributed by atoms with Crippen molar-refractivity contribution >= 4 is 59.7 Å². The summed E-state index contributed by atoms with van der Waals surface area (Å²) in [5.74, 6) is -5.58. The van der Waals surface area contributed by atoms with Crippen LogP contribution < -0.4 is 37.2 Å². The van der Waals surface area contributed by atoms with Gasteiger partial charge in [-0.05, 0) is 106 Å². The van der Waals surface area contributed by atoms with Gasteiger partial charge < -0.3 is 46.7 Å². The smallest absolute Gasteiger partial charge is 0.408 e. The molecule has 0 unspecified atom stereocenters. The highest BCUT2D eigenvalue weighted by molar-refractivity contribution is 6.08. The summed E-state index contributed by atoms with van der Waals surface area (Å²) in [5.41, 5.74) is -6.66. The SMILES string of the molecule is COC(=O)C(C)(C)NC(=O)/C(=C/c1ccccc1)NC(=O)C(C)(C)NC(=O)/C(=C/c1ccccc1)NC(=O)C(C)(C)NC(=O)[C@H](C)NC(=O)C(C)(C)NC(=O)OC(C)(C)C. The lowest BCUT2D eigenvalue weighted by atomic mass is 10.0. The largest absolute Gasteiger partial charge is 0.467 e. The van der Waals surface area contributed by atoms with E-state index in [9.17, 15) is 38.4 Å². The Kier molecular flexibility index (Phi) is 16.5. The van der Waals surface area contributed by atoms with Crippen LogP contribution in [-0.4, -0.2) is 88.4 Å². The first-order valence-corrected chi connectivity index (χ1v) is 19.0. The fourth-order valence-corrected chi connectivity index (χ4v) is 4.90. The van der Waals surface area contributed by atoms with Crippen molar-refractivity contribution < 1.29 is 47.8 Å². The van der Waals surface area contributed by atoms with Crippen molar-refractivity contribution in [1.29, 1.82) is 0 Å². The highest BCUT2D eigenvalue weighted by atomic mass is 16.6. The van der Waals surface area contributed by atoms with Crippen LogP contribution in [0.2, 0.25) is 0 Å². The number of benzene rings is 2. The molecule has 0 saturated carbocycles. The second-order valence-corrected chi connectivity index (χ2v) is 17.1. The van der Waals surface area contributed by atoms with E-state index in [4.69, 9.17) is 9.47 Å². The van der Waals surface area contributed by atoms with E-state index in [1.54, 1.807) is 81.4 Å². The molecule has 0 spiro atoms. The Labute approximate surface area is 351 Å². The maximum Gasteiger partial charge on any atom is 0.408 e. The average Bonchev–Trinajstić information content (AvgIpc) is 3.12. The van der Waals surface area contributed by atoms with Gasteiger partial charge in [0.2, 0.25) is 23.6 Å². The van der Waals surface area contributed by atoms with Gasteiger partial charge in [-0.3, -0.25) is 28.8 Å². The highest BCUT2D eigenvalue weighted by Gasteiger charge is 2.38. The number of nitrogens with one attached hydrogen (secondary N) is 7. The second kappa shape index (κ2) is 20.0. The number of alkyl carbamates (subject to hydrolysis) is 1. The van der Waals surface area contributed by atoms with Crippen molar-refractivity contribution in [1.82, 2.24) is 37.2 Å². The molecule has 0 aromatic heterocycles. The summed E-state index contributed by atoms with van der Waals surface area (Å²) in [4.78, 5) is 106. The van der Waals surface area contributed by atoms with Crippen molar-refractivity contribution in [2.75, 3.05) is 7.11 Å². The van der Waals surface area contributed by atoms with Gasteiger partial charge in [-0.25, -0.2) is 9.59 Å². The Hall–Kier alpha value is -6.52. The van der Waals surface area contributed by atoms with Crippen LogP contribution >= 0.6 is 0 Å². The van der Waals surface area contributed by atoms with Gasteiger partial charge >= 0.3 is 12.1 Å². The zero-order chi connectivity index (χ0) is 45.9. The lowest BCUT2D eigenvalue weighted by Gasteiger charge is -2.31. The third kappa shape index (κ3) is 15.3. The summed E-state index contributed by atoms with van der Waals surface area (Å²) in [7, 11) is 1.17. The monoisotopic (exact) mass is 833 g/mol. The molecule has 0 bridgehead atoms. The minimum absolute atomic E-state index is 0.246. The van der Waals surface area contributed by atoms with Gasteiger partial charge in [0, 0.05) is 0 Å². The summed E-state index contributed by atoms with van der Waals surface area (Å²) in [6.45, 7) is 17.6. The van der Waals surface area contributed by atoms with Gasteiger partial charge in [0.25, 0.3) is 11.8 Å². The Balaban J connectivity index is 2.31. The maximum absolute atomic E-state index is 13.9. The van der Waals surface area contributed by atoms with Crippen LogP contribution in [0.25, 0.3) is 12.2 Å². The van der Waals surface area contributed by atoms with E-state index in [0.717, 1.165) is 0 Å². The minimum atomic E-state index is -1.73. The highest BCUT2D eigenvalue weighted by Crippen LogP contribution is 2.15. The summed E-state index contributed by atoms with van der Waals surface area (Å²) in [6, 6.07) is 15.9. The van der Waals surface area contributed by atoms with Crippen LogP contribution in [0.3, 0.4) is 0 Å². The fraction of sp³-hybridized carbons (Fsp3) is 0.442. The topological polar surface area (TPSA) is 239 Å². The Morgan fingerprint density at radius 1 is 0.533 bits per heavy atom. The number of hydrogen-bond acceptors (Lipinski definition) is 10. The third-order valence-corrected chi connectivity index (χ3v) is 8.45. The number of rotatable bonds is 16. The molecule has 0 radical (unpaired) electrons. The van der Waals surface area contributed by atoms with Gasteiger partial charge in [-0.15, -0.1) is 0 Å². The standard InChI is InChI=1S/C43H59N7O10/c1-26(44-34(54)42(9,10)50-38(58)60-39(2,3)4)31(51)47-40(5,6)35(55)45-29(24-27-20-16-14-17-21-27)32(52)48-41(7,8)36(56)46-30(25-28-22-18-15-19-23-28)33(53)49-43(11,12)37(57)59-13/h14-26H,1-13H3,(H,44,54)(H,45,55)(H,46,56)(H,47,51)(H,48,52)(H,49,53)(H,50,58)/b29-24-,30-25-/t26-/m0/s1. The molecule has 0 saturated heterocycles. The van der Waals surface area contributed by atoms with E-state index >= 15 is 0 Å². The molecule has 0 aliphatic heterocycles. The van der Waals surface area contributed by atoms with Crippen LogP contribution in [0.5, 0.6) is 0 Å². The molecular weight excluding hydrogens is 775 g/mol. The van der Waals surface area contributed by atoms with Crippen LogP contribution in [0, 0.1) is 0 Å². The zero-order valence-corrected chi connectivity index (χ0v) is 36.6. The van der Waals surface area contributed by atoms with E-state index < -0.39 is 81.3 Å². The van der Waals surface area contributed by atoms with Crippen LogP contribution in [0.15, 0.2) is 72.1 Å². The number of carbonyl (C=O) groups is 8. The maximum atomic E-state index is 13.9. The van der Waals surface area contributed by atoms with Crippen molar-refractivity contribution in [2.24, 2.45) is 0 Å². The number of esters is 1. The van der Waals surface area contributed by atoms with Crippen molar-refractivity contribution in [2.45, 2.75) is 117 Å². The molecule has 326 valence electrons. The zero-order valence-electron chi connectivity index (χ0n) is 36.6. The predicted octanol–water partition coefficient (Wildman–Crippen LogP) is 2.97. The first-order chi connectivity index (χ1) is 27.5. The summed E-state index contributed by atoms with van der Waals surface area (Å²) in [6.07, 6.45) is 1.92. The number of carbonyl (C=O) groups excluding carboxylic acids is 8. The van der Waals surface area contributed by atoms with Crippen molar-refractivity contribution in [3.8, 4) is 0 Å². The molecule has 7 N–H and O–H groups in total. The normalized spacial score (nSPS) is 13.1. The third-order valence-electron chi connectivity index (χ3n) is 8.45. The molecule has 2 aromatic carbocycles. The Bertz CT molecular complexity index is 2000. The molecular formula is C43H59N7O10. The molecule has 1 atom stereocenters. The first-order valence-electron chi connectivity index (χ1n) is 19.0. The molecule has 17 nitrogen and oxygen atoms in total. The van der Waals surface area contributed by atoms with Gasteiger partial charge in [0.15, 0.2) is 0 Å². The fourth-order valence-electron chi connectivity index (χ4n) is 4.90. The Morgan fingerprint density at radius 3 is 1.32 bits per heavy atom. The van der Waals surface area contributed by atoms with Crippen molar-refractivity contribution in [3.05, 3.63) is 83.2 Å². The number of methoxy groups -OCH3 is 1. The van der Waals surface area contributed by atoms with E-state index in [0.29, 0.717) is 11.1 Å². The molecule has 0 aliphatic rings. The molecule has 7 amide bonds. The lowest BCUT2D eigenvalue weighted by Crippen LogP contribution is -2.62. The van der Waals surface area contributed by atoms with Crippen LogP contribution in [0.4, 0.5) is 4.79 Å². The molecule has 0 heterocycles. The summed E-state index contributed by atoms with van der Waals surface area (Å²) >= 11 is 0. The quantitative estimate of drug-likeness (QED) is 0.0964. The minimum Gasteiger partial charge on any atom is -0.467 e. The second-order valence-electron chi connectivity index (χ2n) is 17.1. The summed E-state index contributed by atoms with van der Waals surface area (Å²) < 4.78 is 10.0. The predicted molar refractivity (Wildman–Crippen MR) is 225 cm³/mol. The lowest BCUT2D eigenvalue weighted by molar-refractivity contribution is -0.149. The average molecular weight is 834 g/mol. The first kappa shape index (κ1) is 49.6. The van der Waals surface area contributed by atoms with E-state index in [1.807, 2.05) is 0 Å². The molecule has 0 fully saturated rings. The molecule has 0 aliphatic carbocycles. The molecule has 2 rings (SSSR count). The van der Waals surface area contributed by atoms with Gasteiger partial charge in [0.05, 0.1) is 7.11 Å². The Morgan fingerprint density at radius 2 is 0.917 bits per heavy atom. The molecule has 60 heavy (non-hydrogen) atoms.